The van der Waals surface area contributed by atoms with Gasteiger partial charge < -0.3 is 18.9 Å². The third-order valence-corrected chi connectivity index (χ3v) is 7.52. The molecule has 0 heterocycles. The van der Waals surface area contributed by atoms with Crippen LogP contribution in [0.15, 0.2) is 72.8 Å². The number of carbonyl (C=O) groups is 1. The van der Waals surface area contributed by atoms with Crippen molar-refractivity contribution in [3.8, 4) is 28.4 Å². The third kappa shape index (κ3) is 13.6. The fourth-order valence-corrected chi connectivity index (χ4v) is 4.82. The van der Waals surface area contributed by atoms with E-state index in [-0.39, 0.29) is 5.97 Å². The second kappa shape index (κ2) is 20.4. The summed E-state index contributed by atoms with van der Waals surface area (Å²) in [6.07, 6.45) is 13.9. The van der Waals surface area contributed by atoms with Crippen LogP contribution in [0.5, 0.6) is 17.2 Å². The number of rotatable bonds is 22. The van der Waals surface area contributed by atoms with Crippen molar-refractivity contribution in [2.45, 2.75) is 111 Å². The van der Waals surface area contributed by atoms with Crippen LogP contribution in [0.4, 0.5) is 0 Å². The molecule has 234 valence electrons. The van der Waals surface area contributed by atoms with Gasteiger partial charge >= 0.3 is 5.97 Å². The minimum absolute atomic E-state index is 0.322. The topological polar surface area (TPSA) is 54.0 Å². The highest BCUT2D eigenvalue weighted by Gasteiger charge is 2.16. The van der Waals surface area contributed by atoms with Crippen molar-refractivity contribution in [1.29, 1.82) is 0 Å². The minimum Gasteiger partial charge on any atom is -0.494 e. The maximum absolute atomic E-state index is 12.2. The maximum atomic E-state index is 12.2. The number of hydrogen-bond donors (Lipinski definition) is 0. The molecule has 5 heteroatoms. The second-order valence-electron chi connectivity index (χ2n) is 11.3. The first-order valence-electron chi connectivity index (χ1n) is 16.5. The molecule has 0 radical (unpaired) electrons. The lowest BCUT2D eigenvalue weighted by Crippen LogP contribution is -2.26. The van der Waals surface area contributed by atoms with E-state index in [2.05, 4.69) is 38.1 Å². The summed E-state index contributed by atoms with van der Waals surface area (Å²) < 4.78 is 23.1. The quantitative estimate of drug-likeness (QED) is 0.0863. The van der Waals surface area contributed by atoms with E-state index in [9.17, 15) is 4.79 Å². The Balaban J connectivity index is 1.34. The SMILES string of the molecule is CCCCCCCCOC(=O)C(C)Oc1ccc(COc2ccc(-c3ccc(OCCCCCCCC)cc3)cc2)cc1. The molecule has 0 spiro atoms. The Morgan fingerprint density at radius 2 is 1.02 bits per heavy atom. The van der Waals surface area contributed by atoms with Gasteiger partial charge in [0.2, 0.25) is 0 Å². The molecular formula is C38H52O5. The van der Waals surface area contributed by atoms with Crippen LogP contribution in [-0.2, 0) is 16.1 Å². The molecule has 1 atom stereocenters. The van der Waals surface area contributed by atoms with Crippen LogP contribution in [0.3, 0.4) is 0 Å². The van der Waals surface area contributed by atoms with Crippen LogP contribution in [0.25, 0.3) is 11.1 Å². The van der Waals surface area contributed by atoms with Gasteiger partial charge in [-0.15, -0.1) is 0 Å². The van der Waals surface area contributed by atoms with Crippen LogP contribution in [0.2, 0.25) is 0 Å². The number of unbranched alkanes of at least 4 members (excludes halogenated alkanes) is 10. The van der Waals surface area contributed by atoms with Crippen molar-refractivity contribution >= 4 is 5.97 Å². The summed E-state index contributed by atoms with van der Waals surface area (Å²) in [5.41, 5.74) is 3.30. The van der Waals surface area contributed by atoms with Crippen LogP contribution in [0.1, 0.15) is 103 Å². The van der Waals surface area contributed by atoms with Crippen molar-refractivity contribution in [1.82, 2.24) is 0 Å². The molecule has 0 saturated heterocycles. The molecule has 0 N–H and O–H groups in total. The Labute approximate surface area is 259 Å². The summed E-state index contributed by atoms with van der Waals surface area (Å²) in [4.78, 5) is 12.2. The van der Waals surface area contributed by atoms with Crippen molar-refractivity contribution in [3.05, 3.63) is 78.4 Å². The van der Waals surface area contributed by atoms with Gasteiger partial charge in [0.05, 0.1) is 13.2 Å². The average molecular weight is 589 g/mol. The first-order valence-corrected chi connectivity index (χ1v) is 16.5. The van der Waals surface area contributed by atoms with E-state index in [0.29, 0.717) is 19.0 Å². The van der Waals surface area contributed by atoms with E-state index in [0.717, 1.165) is 54.1 Å². The Hall–Kier alpha value is -3.47. The number of ether oxygens (including phenoxy) is 4. The molecule has 5 nitrogen and oxygen atoms in total. The molecule has 0 fully saturated rings. The minimum atomic E-state index is -0.644. The van der Waals surface area contributed by atoms with Crippen molar-refractivity contribution in [3.63, 3.8) is 0 Å². The molecule has 0 amide bonds. The Bertz CT molecular complexity index is 1140. The van der Waals surface area contributed by atoms with Gasteiger partial charge in [-0.05, 0) is 72.9 Å². The molecular weight excluding hydrogens is 536 g/mol. The summed E-state index contributed by atoms with van der Waals surface area (Å²) in [7, 11) is 0. The number of carbonyl (C=O) groups excluding carboxylic acids is 1. The van der Waals surface area contributed by atoms with E-state index in [1.54, 1.807) is 6.92 Å². The number of hydrogen-bond acceptors (Lipinski definition) is 5. The van der Waals surface area contributed by atoms with Gasteiger partial charge in [0, 0.05) is 0 Å². The van der Waals surface area contributed by atoms with E-state index >= 15 is 0 Å². The van der Waals surface area contributed by atoms with E-state index < -0.39 is 6.10 Å². The first-order chi connectivity index (χ1) is 21.1. The van der Waals surface area contributed by atoms with Crippen molar-refractivity contribution in [2.75, 3.05) is 13.2 Å². The van der Waals surface area contributed by atoms with E-state index in [1.165, 1.54) is 57.8 Å². The molecule has 0 bridgehead atoms. The fourth-order valence-electron chi connectivity index (χ4n) is 4.82. The highest BCUT2D eigenvalue weighted by atomic mass is 16.6. The molecule has 3 aromatic carbocycles. The Morgan fingerprint density at radius 3 is 1.58 bits per heavy atom. The van der Waals surface area contributed by atoms with Gasteiger partial charge in [-0.2, -0.15) is 0 Å². The zero-order valence-electron chi connectivity index (χ0n) is 26.7. The normalized spacial score (nSPS) is 11.6. The first kappa shape index (κ1) is 34.0. The molecule has 1 unspecified atom stereocenters. The molecule has 0 aliphatic heterocycles. The Morgan fingerprint density at radius 1 is 0.558 bits per heavy atom. The molecule has 0 aliphatic carbocycles. The number of benzene rings is 3. The van der Waals surface area contributed by atoms with Crippen LogP contribution in [-0.4, -0.2) is 25.3 Å². The van der Waals surface area contributed by atoms with Crippen molar-refractivity contribution < 1.29 is 23.7 Å². The lowest BCUT2D eigenvalue weighted by Gasteiger charge is -2.14. The summed E-state index contributed by atoms with van der Waals surface area (Å²) in [6.45, 7) is 7.86. The van der Waals surface area contributed by atoms with Crippen LogP contribution < -0.4 is 14.2 Å². The maximum Gasteiger partial charge on any atom is 0.347 e. The predicted octanol–water partition coefficient (Wildman–Crippen LogP) is 10.3. The molecule has 3 rings (SSSR count). The lowest BCUT2D eigenvalue weighted by molar-refractivity contribution is -0.151. The van der Waals surface area contributed by atoms with Gasteiger partial charge in [0.15, 0.2) is 6.10 Å². The average Bonchev–Trinajstić information content (AvgIpc) is 3.04. The van der Waals surface area contributed by atoms with Crippen molar-refractivity contribution in [2.24, 2.45) is 0 Å². The zero-order chi connectivity index (χ0) is 30.5. The fraction of sp³-hybridized carbons (Fsp3) is 0.500. The third-order valence-electron chi connectivity index (χ3n) is 7.52. The largest absolute Gasteiger partial charge is 0.494 e. The highest BCUT2D eigenvalue weighted by Crippen LogP contribution is 2.25. The molecule has 3 aromatic rings. The van der Waals surface area contributed by atoms with Gasteiger partial charge in [0.25, 0.3) is 0 Å². The molecule has 0 aromatic heterocycles. The summed E-state index contributed by atoms with van der Waals surface area (Å²) in [6, 6.07) is 24.1. The van der Waals surface area contributed by atoms with Gasteiger partial charge in [-0.3, -0.25) is 0 Å². The highest BCUT2D eigenvalue weighted by molar-refractivity contribution is 5.74. The van der Waals surface area contributed by atoms with E-state index in [4.69, 9.17) is 18.9 Å². The molecule has 43 heavy (non-hydrogen) atoms. The smallest absolute Gasteiger partial charge is 0.347 e. The second-order valence-corrected chi connectivity index (χ2v) is 11.3. The zero-order valence-corrected chi connectivity index (χ0v) is 26.7. The van der Waals surface area contributed by atoms with Gasteiger partial charge in [-0.25, -0.2) is 4.79 Å². The summed E-state index contributed by atoms with van der Waals surface area (Å²) in [5, 5.41) is 0. The lowest BCUT2D eigenvalue weighted by atomic mass is 10.1. The van der Waals surface area contributed by atoms with Crippen LogP contribution >= 0.6 is 0 Å². The Kier molecular flexibility index (Phi) is 16.2. The van der Waals surface area contributed by atoms with Gasteiger partial charge in [-0.1, -0.05) is 114 Å². The molecule has 0 aliphatic rings. The molecule has 0 saturated carbocycles. The predicted molar refractivity (Wildman–Crippen MR) is 176 cm³/mol. The monoisotopic (exact) mass is 588 g/mol. The van der Waals surface area contributed by atoms with Gasteiger partial charge in [0.1, 0.15) is 23.9 Å². The van der Waals surface area contributed by atoms with Crippen LogP contribution in [0, 0.1) is 0 Å². The number of esters is 1. The summed E-state index contributed by atoms with van der Waals surface area (Å²) >= 11 is 0. The summed E-state index contributed by atoms with van der Waals surface area (Å²) in [5.74, 6) is 2.05. The standard InChI is InChI=1S/C38H52O5/c1-4-6-8-10-12-14-28-40-35-24-18-33(19-25-35)34-20-26-36(27-21-34)42-30-32-16-22-37(23-17-32)43-31(3)38(39)41-29-15-13-11-9-7-5-2/h16-27,31H,4-15,28-30H2,1-3H3. The van der Waals surface area contributed by atoms with E-state index in [1.807, 2.05) is 48.5 Å².